The topological polar surface area (TPSA) is 85.4 Å². The normalized spacial score (nSPS) is 24.9. The highest BCUT2D eigenvalue weighted by atomic mass is 16.5. The van der Waals surface area contributed by atoms with Crippen LogP contribution < -0.4 is 9.47 Å². The summed E-state index contributed by atoms with van der Waals surface area (Å²) >= 11 is 0. The van der Waals surface area contributed by atoms with Gasteiger partial charge in [-0.3, -0.25) is 14.4 Å². The van der Waals surface area contributed by atoms with Crippen LogP contribution in [0.1, 0.15) is 63.4 Å². The lowest BCUT2D eigenvalue weighted by Gasteiger charge is -2.41. The molecule has 3 atom stereocenters. The Balaban J connectivity index is 1.55. The van der Waals surface area contributed by atoms with Crippen LogP contribution in [0, 0.1) is 17.8 Å². The number of carbonyl (C=O) groups excluding carboxylic acids is 3. The average molecular weight is 501 g/mol. The Morgan fingerprint density at radius 1 is 0.833 bits per heavy atom. The molecule has 36 heavy (non-hydrogen) atoms. The first-order valence-corrected chi connectivity index (χ1v) is 13.4. The van der Waals surface area contributed by atoms with Crippen molar-refractivity contribution in [2.24, 2.45) is 17.8 Å². The molecule has 1 aromatic carbocycles. The molecule has 1 saturated carbocycles. The van der Waals surface area contributed by atoms with Crippen LogP contribution in [0.2, 0.25) is 0 Å². The third-order valence-electron chi connectivity index (χ3n) is 8.05. The Bertz CT molecular complexity index is 944. The van der Waals surface area contributed by atoms with Crippen molar-refractivity contribution in [2.75, 3.05) is 47.0 Å². The van der Waals surface area contributed by atoms with Crippen LogP contribution in [-0.2, 0) is 19.1 Å². The highest BCUT2D eigenvalue weighted by Gasteiger charge is 2.40. The van der Waals surface area contributed by atoms with Gasteiger partial charge in [-0.25, -0.2) is 0 Å². The summed E-state index contributed by atoms with van der Waals surface area (Å²) in [7, 11) is 3.22. The van der Waals surface area contributed by atoms with Crippen molar-refractivity contribution < 1.29 is 28.6 Å². The van der Waals surface area contributed by atoms with Crippen LogP contribution in [0.5, 0.6) is 11.5 Å². The first-order chi connectivity index (χ1) is 17.4. The molecule has 0 radical (unpaired) electrons. The largest absolute Gasteiger partial charge is 0.493 e. The number of ether oxygens (including phenoxy) is 3. The highest BCUT2D eigenvalue weighted by Crippen LogP contribution is 2.38. The number of methoxy groups -OCH3 is 2. The molecule has 1 aliphatic carbocycles. The molecule has 3 fully saturated rings. The predicted octanol–water partition coefficient (Wildman–Crippen LogP) is 3.63. The minimum Gasteiger partial charge on any atom is -0.493 e. The monoisotopic (exact) mass is 500 g/mol. The van der Waals surface area contributed by atoms with E-state index in [0.29, 0.717) is 50.7 Å². The number of hydrogen-bond acceptors (Lipinski definition) is 6. The molecule has 3 aliphatic rings. The molecule has 8 heteroatoms. The van der Waals surface area contributed by atoms with Gasteiger partial charge in [0.25, 0.3) is 0 Å². The molecule has 4 rings (SSSR count). The predicted molar refractivity (Wildman–Crippen MR) is 135 cm³/mol. The number of carbonyl (C=O) groups is 3. The number of hydrogen-bond donors (Lipinski definition) is 0. The second kappa shape index (κ2) is 12.0. The fraction of sp³-hybridized carbons (Fsp3) is 0.679. The van der Waals surface area contributed by atoms with Crippen LogP contribution in [0.25, 0.3) is 0 Å². The second-order valence-electron chi connectivity index (χ2n) is 10.3. The maximum atomic E-state index is 13.8. The van der Waals surface area contributed by atoms with Crippen molar-refractivity contribution in [3.63, 3.8) is 0 Å². The lowest BCUT2D eigenvalue weighted by Crippen LogP contribution is -2.52. The van der Waals surface area contributed by atoms with E-state index in [-0.39, 0.29) is 41.5 Å². The maximum absolute atomic E-state index is 13.8. The van der Waals surface area contributed by atoms with E-state index in [9.17, 15) is 14.4 Å². The van der Waals surface area contributed by atoms with Crippen LogP contribution >= 0.6 is 0 Å². The van der Waals surface area contributed by atoms with E-state index in [0.717, 1.165) is 44.1 Å². The summed E-state index contributed by atoms with van der Waals surface area (Å²) in [6, 6.07) is 5.86. The van der Waals surface area contributed by atoms with E-state index < -0.39 is 0 Å². The van der Waals surface area contributed by atoms with Crippen LogP contribution in [0.4, 0.5) is 0 Å². The fourth-order valence-electron chi connectivity index (χ4n) is 6.13. The average Bonchev–Trinajstić information content (AvgIpc) is 3.47. The van der Waals surface area contributed by atoms with Crippen molar-refractivity contribution in [3.8, 4) is 11.5 Å². The van der Waals surface area contributed by atoms with E-state index >= 15 is 0 Å². The molecule has 2 saturated heterocycles. The number of benzene rings is 1. The van der Waals surface area contributed by atoms with Crippen LogP contribution in [-0.4, -0.2) is 74.6 Å². The third-order valence-corrected chi connectivity index (χ3v) is 8.05. The smallest absolute Gasteiger partial charge is 0.310 e. The van der Waals surface area contributed by atoms with Gasteiger partial charge in [0.05, 0.1) is 32.7 Å². The standard InChI is InChI=1S/C28H40N2O6/c1-4-36-28(33)21-10-7-13-29(16-21)27(32)23-14-22(20-11-12-24(34-2)25(15-20)35-3)17-30(18-23)26(31)19-8-5-6-9-19/h11-12,15,19,21-23H,4-10,13-14,16-18H2,1-3H3/t21-,22-,23+/m1/s1. The minimum atomic E-state index is -0.303. The molecule has 2 aliphatic heterocycles. The fourth-order valence-corrected chi connectivity index (χ4v) is 6.13. The first-order valence-electron chi connectivity index (χ1n) is 13.4. The van der Waals surface area contributed by atoms with E-state index in [2.05, 4.69) is 0 Å². The summed E-state index contributed by atoms with van der Waals surface area (Å²) in [5.41, 5.74) is 1.04. The van der Waals surface area contributed by atoms with E-state index in [1.54, 1.807) is 21.1 Å². The lowest BCUT2D eigenvalue weighted by molar-refractivity contribution is -0.152. The molecule has 0 unspecified atom stereocenters. The van der Waals surface area contributed by atoms with Gasteiger partial charge in [-0.05, 0) is 56.7 Å². The minimum absolute atomic E-state index is 0.0171. The molecule has 1 aromatic rings. The van der Waals surface area contributed by atoms with Crippen LogP contribution in [0.3, 0.4) is 0 Å². The summed E-state index contributed by atoms with van der Waals surface area (Å²) in [4.78, 5) is 43.3. The summed E-state index contributed by atoms with van der Waals surface area (Å²) in [5.74, 6) is 0.799. The number of nitrogens with zero attached hydrogens (tertiary/aromatic N) is 2. The van der Waals surface area contributed by atoms with E-state index in [1.165, 1.54) is 0 Å². The number of esters is 1. The zero-order valence-electron chi connectivity index (χ0n) is 21.9. The summed E-state index contributed by atoms with van der Waals surface area (Å²) in [6.07, 6.45) is 6.23. The Morgan fingerprint density at radius 2 is 1.50 bits per heavy atom. The van der Waals surface area contributed by atoms with Crippen molar-refractivity contribution in [1.29, 1.82) is 0 Å². The number of rotatable bonds is 7. The van der Waals surface area contributed by atoms with Crippen molar-refractivity contribution in [1.82, 2.24) is 9.80 Å². The molecular formula is C28H40N2O6. The number of amides is 2. The molecule has 2 amide bonds. The van der Waals surface area contributed by atoms with Crippen molar-refractivity contribution in [3.05, 3.63) is 23.8 Å². The maximum Gasteiger partial charge on any atom is 0.310 e. The van der Waals surface area contributed by atoms with Gasteiger partial charge in [-0.1, -0.05) is 18.9 Å². The van der Waals surface area contributed by atoms with E-state index in [1.807, 2.05) is 28.0 Å². The van der Waals surface area contributed by atoms with Gasteiger partial charge in [0.1, 0.15) is 0 Å². The second-order valence-corrected chi connectivity index (χ2v) is 10.3. The summed E-state index contributed by atoms with van der Waals surface area (Å²) in [5, 5.41) is 0. The molecule has 0 spiro atoms. The van der Waals surface area contributed by atoms with Gasteiger partial charge in [-0.2, -0.15) is 0 Å². The molecule has 198 valence electrons. The van der Waals surface area contributed by atoms with Gasteiger partial charge in [-0.15, -0.1) is 0 Å². The van der Waals surface area contributed by atoms with Crippen molar-refractivity contribution >= 4 is 17.8 Å². The quantitative estimate of drug-likeness (QED) is 0.532. The lowest BCUT2D eigenvalue weighted by atomic mass is 9.82. The van der Waals surface area contributed by atoms with Crippen LogP contribution in [0.15, 0.2) is 18.2 Å². The number of piperidine rings is 2. The third kappa shape index (κ3) is 5.79. The van der Waals surface area contributed by atoms with E-state index in [4.69, 9.17) is 14.2 Å². The van der Waals surface area contributed by atoms with Gasteiger partial charge in [0.2, 0.25) is 11.8 Å². The summed E-state index contributed by atoms with van der Waals surface area (Å²) in [6.45, 7) is 4.22. The van der Waals surface area contributed by atoms with Crippen molar-refractivity contribution in [2.45, 2.75) is 57.8 Å². The molecule has 8 nitrogen and oxygen atoms in total. The SMILES string of the molecule is CCOC(=O)[C@@H]1CCCN(C(=O)[C@H]2C[C@@H](c3ccc(OC)c(OC)c3)CN(C(=O)C3CCCC3)C2)C1. The molecule has 0 N–H and O–H groups in total. The Labute approximate surface area is 214 Å². The van der Waals surface area contributed by atoms with Gasteiger partial charge in [0, 0.05) is 38.0 Å². The Hall–Kier alpha value is -2.77. The first kappa shape index (κ1) is 26.3. The Morgan fingerprint density at radius 3 is 2.19 bits per heavy atom. The zero-order valence-corrected chi connectivity index (χ0v) is 21.9. The molecule has 2 heterocycles. The molecule has 0 aromatic heterocycles. The molecule has 0 bridgehead atoms. The Kier molecular flexibility index (Phi) is 8.75. The zero-order chi connectivity index (χ0) is 25.7. The van der Waals surface area contributed by atoms with Gasteiger partial charge < -0.3 is 24.0 Å². The molecular weight excluding hydrogens is 460 g/mol. The summed E-state index contributed by atoms with van der Waals surface area (Å²) < 4.78 is 16.1. The highest BCUT2D eigenvalue weighted by molar-refractivity contribution is 5.83. The number of likely N-dealkylation sites (tertiary alicyclic amines) is 2. The van der Waals surface area contributed by atoms with Gasteiger partial charge in [0.15, 0.2) is 11.5 Å². The van der Waals surface area contributed by atoms with Gasteiger partial charge >= 0.3 is 5.97 Å².